The van der Waals surface area contributed by atoms with Crippen molar-refractivity contribution in [3.05, 3.63) is 52.1 Å². The molecule has 0 aliphatic carbocycles. The third-order valence-corrected chi connectivity index (χ3v) is 8.15. The van der Waals surface area contributed by atoms with Gasteiger partial charge in [0.1, 0.15) is 17.2 Å². The van der Waals surface area contributed by atoms with E-state index in [2.05, 4.69) is 6.07 Å². The summed E-state index contributed by atoms with van der Waals surface area (Å²) in [5.74, 6) is -1.77. The predicted molar refractivity (Wildman–Crippen MR) is 156 cm³/mol. The van der Waals surface area contributed by atoms with Gasteiger partial charge in [0.05, 0.1) is 32.7 Å². The Labute approximate surface area is 251 Å². The van der Waals surface area contributed by atoms with Crippen molar-refractivity contribution < 1.29 is 43.6 Å². The number of benzene rings is 2. The van der Waals surface area contributed by atoms with Crippen LogP contribution in [0.5, 0.6) is 17.2 Å². The van der Waals surface area contributed by atoms with Crippen LogP contribution in [-0.4, -0.2) is 64.6 Å². The average Bonchev–Trinajstić information content (AvgIpc) is 3.60. The van der Waals surface area contributed by atoms with Crippen molar-refractivity contribution in [1.82, 2.24) is 9.80 Å². The molecule has 2 amide bonds. The number of fused-ring (bicyclic) bond motifs is 2. The number of ether oxygens (including phenoxy) is 3. The highest BCUT2D eigenvalue weighted by molar-refractivity contribution is 5.83. The first kappa shape index (κ1) is 31.7. The van der Waals surface area contributed by atoms with Crippen LogP contribution in [0.4, 0.5) is 0 Å². The van der Waals surface area contributed by atoms with Gasteiger partial charge in [-0.15, -0.1) is 0 Å². The minimum absolute atomic E-state index is 0.0257. The van der Waals surface area contributed by atoms with Crippen LogP contribution in [0.2, 0.25) is 0 Å². The number of carboxylic acid groups (broad SMARTS) is 2. The van der Waals surface area contributed by atoms with Crippen molar-refractivity contribution in [2.45, 2.75) is 72.1 Å². The van der Waals surface area contributed by atoms with Crippen molar-refractivity contribution in [1.29, 1.82) is 0 Å². The molecule has 0 aromatic heterocycles. The summed E-state index contributed by atoms with van der Waals surface area (Å²) in [4.78, 5) is 51.0. The van der Waals surface area contributed by atoms with Gasteiger partial charge in [-0.05, 0) is 59.7 Å². The second-order valence-electron chi connectivity index (χ2n) is 11.4. The Bertz CT molecular complexity index is 1390. The van der Waals surface area contributed by atoms with Crippen LogP contribution < -0.4 is 14.2 Å². The molecule has 2 heterocycles. The first-order valence-electron chi connectivity index (χ1n) is 14.5. The molecule has 43 heavy (non-hydrogen) atoms. The monoisotopic (exact) mass is 596 g/mol. The number of carboxylic acids is 2. The highest BCUT2D eigenvalue weighted by atomic mass is 16.5. The van der Waals surface area contributed by atoms with E-state index in [1.165, 1.54) is 13.8 Å². The van der Waals surface area contributed by atoms with Gasteiger partial charge in [0.2, 0.25) is 11.8 Å². The van der Waals surface area contributed by atoms with Crippen LogP contribution in [0.1, 0.15) is 67.3 Å². The molecule has 2 atom stereocenters. The first-order chi connectivity index (χ1) is 20.5. The molecule has 2 N–H and O–H groups in total. The average molecular weight is 597 g/mol. The first-order valence-corrected chi connectivity index (χ1v) is 14.5. The Hall–Kier alpha value is -4.28. The van der Waals surface area contributed by atoms with E-state index in [0.29, 0.717) is 44.3 Å². The lowest BCUT2D eigenvalue weighted by Crippen LogP contribution is -2.28. The molecule has 0 radical (unpaired) electrons. The normalized spacial score (nSPS) is 15.0. The van der Waals surface area contributed by atoms with Crippen LogP contribution in [0.15, 0.2) is 24.3 Å². The highest BCUT2D eigenvalue weighted by Crippen LogP contribution is 2.36. The molecule has 0 saturated heterocycles. The van der Waals surface area contributed by atoms with E-state index in [1.807, 2.05) is 18.2 Å². The molecule has 232 valence electrons. The number of rotatable bonds is 14. The maximum atomic E-state index is 12.7. The summed E-state index contributed by atoms with van der Waals surface area (Å²) in [6, 6.07) is 7.76. The van der Waals surface area contributed by atoms with Gasteiger partial charge in [0, 0.05) is 50.7 Å². The van der Waals surface area contributed by atoms with E-state index < -0.39 is 23.8 Å². The summed E-state index contributed by atoms with van der Waals surface area (Å²) in [7, 11) is 3.20. The van der Waals surface area contributed by atoms with Gasteiger partial charge >= 0.3 is 11.9 Å². The molecule has 4 rings (SSSR count). The second-order valence-corrected chi connectivity index (χ2v) is 11.4. The largest absolute Gasteiger partial charge is 0.497 e. The summed E-state index contributed by atoms with van der Waals surface area (Å²) in [5.41, 5.74) is 4.94. The van der Waals surface area contributed by atoms with E-state index in [4.69, 9.17) is 19.3 Å². The quantitative estimate of drug-likeness (QED) is 0.309. The number of carbonyl (C=O) groups excluding carboxylic acids is 2. The lowest BCUT2D eigenvalue weighted by molar-refractivity contribution is -0.145. The number of nitrogens with zero attached hydrogens (tertiary/aromatic N) is 2. The maximum Gasteiger partial charge on any atom is 0.306 e. The predicted octanol–water partition coefficient (Wildman–Crippen LogP) is 4.01. The molecule has 0 fully saturated rings. The van der Waals surface area contributed by atoms with Crippen LogP contribution in [0.3, 0.4) is 0 Å². The lowest BCUT2D eigenvalue weighted by Gasteiger charge is -2.17. The molecule has 2 aliphatic heterocycles. The third-order valence-electron chi connectivity index (χ3n) is 8.15. The lowest BCUT2D eigenvalue weighted by atomic mass is 10.0. The molecule has 2 aliphatic rings. The van der Waals surface area contributed by atoms with Gasteiger partial charge in [0.15, 0.2) is 0 Å². The van der Waals surface area contributed by atoms with E-state index in [1.54, 1.807) is 24.0 Å². The number of aryl methyl sites for hydroxylation is 1. The maximum absolute atomic E-state index is 12.7. The molecule has 0 spiro atoms. The summed E-state index contributed by atoms with van der Waals surface area (Å²) in [5, 5.41) is 18.3. The minimum atomic E-state index is -0.993. The van der Waals surface area contributed by atoms with Crippen molar-refractivity contribution in [3.63, 3.8) is 0 Å². The zero-order valence-electron chi connectivity index (χ0n) is 25.2. The van der Waals surface area contributed by atoms with E-state index in [-0.39, 0.29) is 24.7 Å². The Morgan fingerprint density at radius 1 is 0.744 bits per heavy atom. The number of methoxy groups -OCH3 is 2. The zero-order chi connectivity index (χ0) is 31.3. The zero-order valence-corrected chi connectivity index (χ0v) is 25.2. The second kappa shape index (κ2) is 13.8. The minimum Gasteiger partial charge on any atom is -0.497 e. The fraction of sp³-hybridized carbons (Fsp3) is 0.500. The molecule has 2 aromatic carbocycles. The van der Waals surface area contributed by atoms with Gasteiger partial charge in [-0.2, -0.15) is 0 Å². The highest BCUT2D eigenvalue weighted by Gasteiger charge is 2.30. The van der Waals surface area contributed by atoms with E-state index >= 15 is 0 Å². The summed E-state index contributed by atoms with van der Waals surface area (Å²) in [6.45, 7) is 5.17. The molecular weight excluding hydrogens is 556 g/mol. The number of hydrogen-bond donors (Lipinski definition) is 2. The fourth-order valence-corrected chi connectivity index (χ4v) is 5.47. The number of carbonyl (C=O) groups is 4. The summed E-state index contributed by atoms with van der Waals surface area (Å²) in [6.07, 6.45) is 2.27. The van der Waals surface area contributed by atoms with E-state index in [0.717, 1.165) is 52.8 Å². The number of amides is 2. The number of aliphatic carboxylic acids is 2. The Balaban J connectivity index is 1.32. The molecule has 0 bridgehead atoms. The fourth-order valence-electron chi connectivity index (χ4n) is 5.47. The third kappa shape index (κ3) is 7.57. The van der Waals surface area contributed by atoms with Crippen LogP contribution in [0.25, 0.3) is 0 Å². The number of hydrogen-bond acceptors (Lipinski definition) is 7. The smallest absolute Gasteiger partial charge is 0.306 e. The Morgan fingerprint density at radius 2 is 1.33 bits per heavy atom. The number of unbranched alkanes of at least 4 members (excludes halogenated alkanes) is 1. The van der Waals surface area contributed by atoms with Crippen LogP contribution in [-0.2, 0) is 51.8 Å². The summed E-state index contributed by atoms with van der Waals surface area (Å²) >= 11 is 0. The van der Waals surface area contributed by atoms with Crippen molar-refractivity contribution in [3.8, 4) is 17.2 Å². The topological polar surface area (TPSA) is 143 Å². The Morgan fingerprint density at radius 3 is 1.91 bits per heavy atom. The molecule has 11 heteroatoms. The van der Waals surface area contributed by atoms with Gasteiger partial charge in [-0.1, -0.05) is 13.8 Å². The van der Waals surface area contributed by atoms with Crippen LogP contribution in [0, 0.1) is 11.8 Å². The van der Waals surface area contributed by atoms with Crippen molar-refractivity contribution >= 4 is 23.8 Å². The SMILES string of the molecule is COc1cc2c(c(OCCCCc3cc4c(cc3OC)CN(C(=O)C[C@H](C)C(=O)O)C4)c1)CN(C(=O)C[C@H](C)C(=O)O)C2. The van der Waals surface area contributed by atoms with Gasteiger partial charge in [-0.3, -0.25) is 19.2 Å². The van der Waals surface area contributed by atoms with Gasteiger partial charge < -0.3 is 34.2 Å². The molecular formula is C32H40N2O9. The van der Waals surface area contributed by atoms with Gasteiger partial charge in [-0.25, -0.2) is 0 Å². The molecule has 11 nitrogen and oxygen atoms in total. The van der Waals surface area contributed by atoms with E-state index in [9.17, 15) is 24.3 Å². The Kier molecular flexibility index (Phi) is 10.2. The molecule has 0 saturated carbocycles. The van der Waals surface area contributed by atoms with Gasteiger partial charge in [0.25, 0.3) is 0 Å². The molecule has 0 unspecified atom stereocenters. The summed E-state index contributed by atoms with van der Waals surface area (Å²) < 4.78 is 17.3. The standard InChI is InChI=1S/C32H40N2O9/c1-19(31(37)38)9-29(35)33-15-22-11-21(27(42-4)13-23(22)16-33)7-5-6-8-43-28-14-25(41-3)12-24-17-34(18-26(24)28)30(36)10-20(2)32(39)40/h11-14,19-20H,5-10,15-18H2,1-4H3,(H,37,38)(H,39,40)/t19-,20-/m0/s1. The molecule has 2 aromatic rings. The van der Waals surface area contributed by atoms with Crippen molar-refractivity contribution in [2.24, 2.45) is 11.8 Å². The van der Waals surface area contributed by atoms with Crippen molar-refractivity contribution in [2.75, 3.05) is 20.8 Å². The van der Waals surface area contributed by atoms with Crippen LogP contribution >= 0.6 is 0 Å².